The van der Waals surface area contributed by atoms with Crippen LogP contribution in [0.5, 0.6) is 0 Å². The van der Waals surface area contributed by atoms with E-state index in [-0.39, 0.29) is 12.4 Å². The molecular weight excluding hydrogens is 288 g/mol. The van der Waals surface area contributed by atoms with Gasteiger partial charge in [-0.3, -0.25) is 4.90 Å². The summed E-state index contributed by atoms with van der Waals surface area (Å²) in [7, 11) is 0. The lowest BCUT2D eigenvalue weighted by atomic mass is 9.94. The van der Waals surface area contributed by atoms with Crippen LogP contribution in [0.3, 0.4) is 0 Å². The highest BCUT2D eigenvalue weighted by Gasteiger charge is 2.29. The van der Waals surface area contributed by atoms with Crippen molar-refractivity contribution in [2.45, 2.75) is 37.1 Å². The van der Waals surface area contributed by atoms with Gasteiger partial charge in [0.15, 0.2) is 0 Å². The number of rotatable bonds is 5. The zero-order valence-corrected chi connectivity index (χ0v) is 13.6. The van der Waals surface area contributed by atoms with E-state index in [4.69, 9.17) is 0 Å². The minimum atomic E-state index is 0. The summed E-state index contributed by atoms with van der Waals surface area (Å²) in [5.41, 5.74) is 1.45. The van der Waals surface area contributed by atoms with Crippen molar-refractivity contribution in [3.63, 3.8) is 0 Å². The second kappa shape index (κ2) is 8.28. The topological polar surface area (TPSA) is 15.3 Å². The first-order valence-corrected chi connectivity index (χ1v) is 8.66. The maximum Gasteiger partial charge on any atom is 0.0198 e. The van der Waals surface area contributed by atoms with E-state index in [1.807, 2.05) is 0 Å². The Morgan fingerprint density at radius 2 is 1.80 bits per heavy atom. The number of halogens is 1. The maximum atomic E-state index is 3.75. The fourth-order valence-corrected chi connectivity index (χ4v) is 4.20. The first-order valence-electron chi connectivity index (χ1n) is 7.50. The van der Waals surface area contributed by atoms with E-state index in [2.05, 4.69) is 52.3 Å². The molecule has 0 spiro atoms. The number of likely N-dealkylation sites (tertiary alicyclic amines) is 1. The van der Waals surface area contributed by atoms with E-state index in [1.54, 1.807) is 0 Å². The van der Waals surface area contributed by atoms with Crippen LogP contribution in [-0.4, -0.2) is 42.4 Å². The molecule has 2 fully saturated rings. The normalized spacial score (nSPS) is 26.0. The Balaban J connectivity index is 0.00000147. The van der Waals surface area contributed by atoms with Crippen LogP contribution in [-0.2, 0) is 5.75 Å². The van der Waals surface area contributed by atoms with Crippen molar-refractivity contribution >= 4 is 24.2 Å². The van der Waals surface area contributed by atoms with Crippen molar-refractivity contribution < 1.29 is 0 Å². The molecule has 3 rings (SSSR count). The van der Waals surface area contributed by atoms with Gasteiger partial charge in [-0.15, -0.1) is 12.4 Å². The van der Waals surface area contributed by atoms with Crippen LogP contribution in [0.2, 0.25) is 0 Å². The molecule has 2 aliphatic rings. The van der Waals surface area contributed by atoms with Crippen molar-refractivity contribution in [1.82, 2.24) is 10.2 Å². The van der Waals surface area contributed by atoms with Gasteiger partial charge in [-0.2, -0.15) is 11.8 Å². The molecule has 4 heteroatoms. The van der Waals surface area contributed by atoms with Gasteiger partial charge in [0.05, 0.1) is 0 Å². The number of thioether (sulfide) groups is 1. The number of benzene rings is 1. The van der Waals surface area contributed by atoms with Gasteiger partial charge in [0.1, 0.15) is 0 Å². The molecule has 2 bridgehead atoms. The third-order valence-electron chi connectivity index (χ3n) is 4.20. The number of hydrogen-bond donors (Lipinski definition) is 1. The summed E-state index contributed by atoms with van der Waals surface area (Å²) in [5, 5.41) is 3.75. The van der Waals surface area contributed by atoms with E-state index in [0.717, 1.165) is 17.8 Å². The second-order valence-corrected chi connectivity index (χ2v) is 6.89. The molecular formula is C16H25ClN2S. The van der Waals surface area contributed by atoms with Gasteiger partial charge < -0.3 is 5.32 Å². The summed E-state index contributed by atoms with van der Waals surface area (Å²) in [6.07, 6.45) is 4.19. The largest absolute Gasteiger partial charge is 0.309 e. The number of piperidine rings is 1. The smallest absolute Gasteiger partial charge is 0.0198 e. The number of nitrogens with one attached hydrogen (secondary N) is 1. The van der Waals surface area contributed by atoms with Crippen molar-refractivity contribution in [2.24, 2.45) is 0 Å². The van der Waals surface area contributed by atoms with Crippen molar-refractivity contribution in [3.8, 4) is 0 Å². The number of piperazine rings is 1. The average Bonchev–Trinajstić information content (AvgIpc) is 2.44. The molecule has 0 radical (unpaired) electrons. The van der Waals surface area contributed by atoms with Crippen LogP contribution in [0.15, 0.2) is 30.3 Å². The predicted molar refractivity (Wildman–Crippen MR) is 90.9 cm³/mol. The van der Waals surface area contributed by atoms with Gasteiger partial charge in [0.25, 0.3) is 0 Å². The zero-order valence-electron chi connectivity index (χ0n) is 12.0. The van der Waals surface area contributed by atoms with Crippen LogP contribution in [0.1, 0.15) is 24.8 Å². The van der Waals surface area contributed by atoms with Gasteiger partial charge >= 0.3 is 0 Å². The highest BCUT2D eigenvalue weighted by molar-refractivity contribution is 7.98. The first-order chi connectivity index (χ1) is 9.40. The lowest BCUT2D eigenvalue weighted by Crippen LogP contribution is -2.58. The Bertz CT molecular complexity index is 375. The third kappa shape index (κ3) is 4.66. The molecule has 112 valence electrons. The average molecular weight is 313 g/mol. The lowest BCUT2D eigenvalue weighted by molar-refractivity contribution is 0.132. The molecule has 0 aromatic heterocycles. The fraction of sp³-hybridized carbons (Fsp3) is 0.625. The van der Waals surface area contributed by atoms with Gasteiger partial charge in [-0.1, -0.05) is 36.8 Å². The van der Waals surface area contributed by atoms with Crippen LogP contribution >= 0.6 is 24.2 Å². The highest BCUT2D eigenvalue weighted by Crippen LogP contribution is 2.20. The monoisotopic (exact) mass is 312 g/mol. The molecule has 0 saturated carbocycles. The van der Waals surface area contributed by atoms with Crippen molar-refractivity contribution in [3.05, 3.63) is 35.9 Å². The van der Waals surface area contributed by atoms with E-state index in [9.17, 15) is 0 Å². The molecule has 1 N–H and O–H groups in total. The minimum absolute atomic E-state index is 0. The summed E-state index contributed by atoms with van der Waals surface area (Å²) in [4.78, 5) is 2.67. The lowest BCUT2D eigenvalue weighted by Gasteiger charge is -2.42. The van der Waals surface area contributed by atoms with Crippen molar-refractivity contribution in [1.29, 1.82) is 0 Å². The molecule has 0 aliphatic carbocycles. The Morgan fingerprint density at radius 3 is 2.50 bits per heavy atom. The summed E-state index contributed by atoms with van der Waals surface area (Å²) in [5.74, 6) is 2.41. The second-order valence-electron chi connectivity index (χ2n) is 5.79. The zero-order chi connectivity index (χ0) is 12.9. The van der Waals surface area contributed by atoms with E-state index in [1.165, 1.54) is 50.2 Å². The van der Waals surface area contributed by atoms with Crippen LogP contribution in [0.4, 0.5) is 0 Å². The van der Waals surface area contributed by atoms with E-state index < -0.39 is 0 Å². The highest BCUT2D eigenvalue weighted by atomic mass is 35.5. The molecule has 2 unspecified atom stereocenters. The maximum absolute atomic E-state index is 3.75. The van der Waals surface area contributed by atoms with Gasteiger partial charge in [-0.05, 0) is 18.4 Å². The SMILES string of the molecule is Cl.c1ccc(CSCCN2CC3CCCC(C2)N3)cc1. The molecule has 1 aromatic rings. The summed E-state index contributed by atoms with van der Waals surface area (Å²) in [6, 6.07) is 12.3. The minimum Gasteiger partial charge on any atom is -0.309 e. The summed E-state index contributed by atoms with van der Waals surface area (Å²) in [6.45, 7) is 3.79. The Morgan fingerprint density at radius 1 is 1.10 bits per heavy atom. The summed E-state index contributed by atoms with van der Waals surface area (Å²) < 4.78 is 0. The first kappa shape index (κ1) is 16.2. The Kier molecular flexibility index (Phi) is 6.69. The quantitative estimate of drug-likeness (QED) is 0.841. The molecule has 0 amide bonds. The molecule has 1 aromatic carbocycles. The fourth-order valence-electron chi connectivity index (χ4n) is 3.24. The molecule has 2 atom stereocenters. The van der Waals surface area contributed by atoms with Gasteiger partial charge in [0.2, 0.25) is 0 Å². The van der Waals surface area contributed by atoms with Crippen LogP contribution in [0.25, 0.3) is 0 Å². The number of nitrogens with zero attached hydrogens (tertiary/aromatic N) is 1. The molecule has 20 heavy (non-hydrogen) atoms. The van der Waals surface area contributed by atoms with Gasteiger partial charge in [-0.25, -0.2) is 0 Å². The Labute approximate surface area is 133 Å². The number of hydrogen-bond acceptors (Lipinski definition) is 3. The molecule has 2 aliphatic heterocycles. The van der Waals surface area contributed by atoms with Crippen LogP contribution < -0.4 is 5.32 Å². The predicted octanol–water partition coefficient (Wildman–Crippen LogP) is 3.17. The van der Waals surface area contributed by atoms with Crippen molar-refractivity contribution in [2.75, 3.05) is 25.4 Å². The molecule has 2 heterocycles. The Hall–Kier alpha value is -0.220. The molecule has 2 nitrogen and oxygen atoms in total. The van der Waals surface area contributed by atoms with Crippen LogP contribution in [0, 0.1) is 0 Å². The van der Waals surface area contributed by atoms with E-state index >= 15 is 0 Å². The third-order valence-corrected chi connectivity index (χ3v) is 5.21. The van der Waals surface area contributed by atoms with Gasteiger partial charge in [0, 0.05) is 43.2 Å². The standard InChI is InChI=1S/C16H24N2S.ClH/c1-2-5-14(6-3-1)13-19-10-9-18-11-15-7-4-8-16(12-18)17-15;/h1-3,5-6,15-17H,4,7-13H2;1H. The van der Waals surface area contributed by atoms with E-state index in [0.29, 0.717) is 0 Å². The summed E-state index contributed by atoms with van der Waals surface area (Å²) >= 11 is 2.07. The number of fused-ring (bicyclic) bond motifs is 2. The molecule has 2 saturated heterocycles.